The molecule has 1 atom stereocenters. The standard InChI is InChI=1S/C17H24N4O7/c22-13-16-5-4-10-19(16)21(26)18-28-12-3-1-2-11-27-17(23)14-6-8-15(9-7-14)20(24)25/h6-9,16,22H,1-5,10-13H2/b21-18-/t16-/m0/s1. The number of ether oxygens (including phenoxy) is 1. The van der Waals surface area contributed by atoms with Crippen molar-refractivity contribution in [1.29, 1.82) is 0 Å². The molecule has 0 saturated carbocycles. The predicted molar refractivity (Wildman–Crippen MR) is 96.1 cm³/mol. The van der Waals surface area contributed by atoms with Crippen molar-refractivity contribution >= 4 is 11.7 Å². The maximum absolute atomic E-state index is 11.8. The molecule has 1 aliphatic heterocycles. The number of aliphatic hydroxyl groups is 1. The van der Waals surface area contributed by atoms with Crippen molar-refractivity contribution in [3.05, 3.63) is 45.2 Å². The Morgan fingerprint density at radius 3 is 2.61 bits per heavy atom. The van der Waals surface area contributed by atoms with Crippen molar-refractivity contribution in [1.82, 2.24) is 5.01 Å². The summed E-state index contributed by atoms with van der Waals surface area (Å²) in [5, 5.41) is 36.4. The van der Waals surface area contributed by atoms with Crippen molar-refractivity contribution in [3.63, 3.8) is 0 Å². The van der Waals surface area contributed by atoms with E-state index in [1.54, 1.807) is 0 Å². The molecule has 154 valence electrons. The molecule has 2 rings (SSSR count). The number of hydrogen-bond acceptors (Lipinski definition) is 8. The number of non-ortho nitro benzene ring substituents is 1. The molecule has 1 aromatic carbocycles. The van der Waals surface area contributed by atoms with E-state index in [4.69, 9.17) is 9.57 Å². The van der Waals surface area contributed by atoms with Gasteiger partial charge in [0.05, 0.1) is 35.2 Å². The van der Waals surface area contributed by atoms with Gasteiger partial charge in [-0.2, -0.15) is 0 Å². The van der Waals surface area contributed by atoms with E-state index in [2.05, 4.69) is 5.28 Å². The zero-order valence-corrected chi connectivity index (χ0v) is 15.4. The van der Waals surface area contributed by atoms with Gasteiger partial charge in [-0.15, -0.1) is 5.01 Å². The largest absolute Gasteiger partial charge is 0.569 e. The van der Waals surface area contributed by atoms with Crippen LogP contribution in [0.4, 0.5) is 5.69 Å². The van der Waals surface area contributed by atoms with Crippen LogP contribution < -0.4 is 0 Å². The Bertz CT molecular complexity index is 681. The number of esters is 1. The average Bonchev–Trinajstić information content (AvgIpc) is 3.18. The van der Waals surface area contributed by atoms with Crippen LogP contribution in [0, 0.1) is 15.3 Å². The lowest BCUT2D eigenvalue weighted by molar-refractivity contribution is -0.714. The quantitative estimate of drug-likeness (QED) is 0.150. The predicted octanol–water partition coefficient (Wildman–Crippen LogP) is 2.19. The molecule has 0 radical (unpaired) electrons. The van der Waals surface area contributed by atoms with Gasteiger partial charge in [0.25, 0.3) is 5.69 Å². The molecule has 11 nitrogen and oxygen atoms in total. The fourth-order valence-corrected chi connectivity index (χ4v) is 2.78. The molecule has 0 unspecified atom stereocenters. The van der Waals surface area contributed by atoms with E-state index in [0.29, 0.717) is 30.8 Å². The normalized spacial score (nSPS) is 16.8. The van der Waals surface area contributed by atoms with Crippen LogP contribution in [-0.4, -0.2) is 58.4 Å². The third-order valence-electron chi connectivity index (χ3n) is 4.33. The summed E-state index contributed by atoms with van der Waals surface area (Å²) in [7, 11) is 0. The zero-order chi connectivity index (χ0) is 20.4. The Kier molecular flexibility index (Phi) is 8.40. The van der Waals surface area contributed by atoms with Crippen molar-refractivity contribution in [3.8, 4) is 0 Å². The van der Waals surface area contributed by atoms with Crippen LogP contribution >= 0.6 is 0 Å². The second-order valence-electron chi connectivity index (χ2n) is 6.31. The third kappa shape index (κ3) is 6.34. The van der Waals surface area contributed by atoms with E-state index in [-0.39, 0.29) is 37.1 Å². The number of carbonyl (C=O) groups is 1. The second-order valence-corrected chi connectivity index (χ2v) is 6.31. The molecule has 0 spiro atoms. The molecule has 1 aromatic rings. The number of unbranched alkanes of at least 4 members (excludes halogenated alkanes) is 2. The van der Waals surface area contributed by atoms with Crippen molar-refractivity contribution in [2.24, 2.45) is 5.28 Å². The number of aliphatic hydroxyl groups excluding tert-OH is 1. The molecule has 1 saturated heterocycles. The van der Waals surface area contributed by atoms with Gasteiger partial charge in [-0.1, -0.05) is 0 Å². The first-order valence-corrected chi connectivity index (χ1v) is 9.12. The third-order valence-corrected chi connectivity index (χ3v) is 4.33. The van der Waals surface area contributed by atoms with Gasteiger partial charge in [0.15, 0.2) is 0 Å². The minimum absolute atomic E-state index is 0.0878. The van der Waals surface area contributed by atoms with Gasteiger partial charge in [0, 0.05) is 12.1 Å². The van der Waals surface area contributed by atoms with Gasteiger partial charge in [0.1, 0.15) is 12.6 Å². The highest BCUT2D eigenvalue weighted by Crippen LogP contribution is 2.16. The molecular weight excluding hydrogens is 372 g/mol. The molecule has 0 aliphatic carbocycles. The molecule has 28 heavy (non-hydrogen) atoms. The van der Waals surface area contributed by atoms with E-state index < -0.39 is 10.9 Å². The molecule has 1 N–H and O–H groups in total. The topological polar surface area (TPSA) is 141 Å². The Hall–Kier alpha value is -2.95. The van der Waals surface area contributed by atoms with Crippen molar-refractivity contribution in [2.45, 2.75) is 38.1 Å². The van der Waals surface area contributed by atoms with Gasteiger partial charge in [-0.05, 0) is 44.2 Å². The first kappa shape index (κ1) is 21.4. The summed E-state index contributed by atoms with van der Waals surface area (Å²) in [5.41, 5.74) is 0.168. The Balaban J connectivity index is 1.56. The Morgan fingerprint density at radius 1 is 1.21 bits per heavy atom. The monoisotopic (exact) mass is 396 g/mol. The first-order valence-electron chi connectivity index (χ1n) is 9.12. The van der Waals surface area contributed by atoms with Crippen molar-refractivity contribution < 1.29 is 29.4 Å². The van der Waals surface area contributed by atoms with Crippen molar-refractivity contribution in [2.75, 3.05) is 26.4 Å². The highest BCUT2D eigenvalue weighted by molar-refractivity contribution is 5.89. The highest BCUT2D eigenvalue weighted by Gasteiger charge is 2.30. The summed E-state index contributed by atoms with van der Waals surface area (Å²) < 4.78 is 5.10. The van der Waals surface area contributed by atoms with E-state index in [1.807, 2.05) is 0 Å². The van der Waals surface area contributed by atoms with Gasteiger partial charge < -0.3 is 19.9 Å². The van der Waals surface area contributed by atoms with Crippen LogP contribution in [-0.2, 0) is 9.57 Å². The Morgan fingerprint density at radius 2 is 1.93 bits per heavy atom. The summed E-state index contributed by atoms with van der Waals surface area (Å²) in [6, 6.07) is 5.00. The SMILES string of the molecule is O=C(OCCCCCO/N=[N+](\[O-])N1CCC[C@H]1CO)c1ccc([N+](=O)[O-])cc1. The minimum atomic E-state index is -0.536. The maximum atomic E-state index is 11.8. The molecule has 1 fully saturated rings. The summed E-state index contributed by atoms with van der Waals surface area (Å²) in [6.07, 6.45) is 3.55. The Labute approximate surface area is 161 Å². The molecule has 0 bridgehead atoms. The molecule has 1 aliphatic rings. The van der Waals surface area contributed by atoms with Crippen LogP contribution in [0.1, 0.15) is 42.5 Å². The number of carbonyl (C=O) groups excluding carboxylic acids is 1. The lowest BCUT2D eigenvalue weighted by atomic mass is 10.2. The van der Waals surface area contributed by atoms with Gasteiger partial charge in [0.2, 0.25) is 5.28 Å². The number of benzene rings is 1. The summed E-state index contributed by atoms with van der Waals surface area (Å²) in [5.74, 6) is -0.535. The number of nitro benzene ring substituents is 1. The number of nitrogens with zero attached hydrogens (tertiary/aromatic N) is 4. The second kappa shape index (κ2) is 11.0. The van der Waals surface area contributed by atoms with Gasteiger partial charge in [-0.25, -0.2) is 4.79 Å². The summed E-state index contributed by atoms with van der Waals surface area (Å²) in [4.78, 5) is 27.2. The maximum Gasteiger partial charge on any atom is 0.338 e. The first-order chi connectivity index (χ1) is 13.5. The lowest BCUT2D eigenvalue weighted by Crippen LogP contribution is -2.37. The molecule has 0 amide bonds. The fourth-order valence-electron chi connectivity index (χ4n) is 2.78. The van der Waals surface area contributed by atoms with Crippen LogP contribution in [0.3, 0.4) is 0 Å². The number of hydrogen-bond donors (Lipinski definition) is 1. The van der Waals surface area contributed by atoms with Crippen LogP contribution in [0.5, 0.6) is 0 Å². The minimum Gasteiger partial charge on any atom is -0.569 e. The smallest absolute Gasteiger partial charge is 0.338 e. The molecule has 1 heterocycles. The summed E-state index contributed by atoms with van der Waals surface area (Å²) in [6.45, 7) is 0.924. The number of nitro groups is 1. The van der Waals surface area contributed by atoms with Crippen LogP contribution in [0.15, 0.2) is 29.5 Å². The molecule has 0 aromatic heterocycles. The fraction of sp³-hybridized carbons (Fsp3) is 0.588. The van der Waals surface area contributed by atoms with Gasteiger partial charge >= 0.3 is 5.97 Å². The van der Waals surface area contributed by atoms with Gasteiger partial charge in [-0.3, -0.25) is 10.1 Å². The molecular formula is C17H24N4O7. The lowest BCUT2D eigenvalue weighted by Gasteiger charge is -2.17. The van der Waals surface area contributed by atoms with E-state index in [1.165, 1.54) is 29.3 Å². The van der Waals surface area contributed by atoms with E-state index >= 15 is 0 Å². The van der Waals surface area contributed by atoms with Crippen LogP contribution in [0.25, 0.3) is 0 Å². The zero-order valence-electron chi connectivity index (χ0n) is 15.4. The molecule has 11 heteroatoms. The number of hydrazine groups is 1. The summed E-state index contributed by atoms with van der Waals surface area (Å²) >= 11 is 0. The highest BCUT2D eigenvalue weighted by atomic mass is 16.7. The van der Waals surface area contributed by atoms with Crippen LogP contribution in [0.2, 0.25) is 0 Å². The van der Waals surface area contributed by atoms with E-state index in [9.17, 15) is 25.2 Å². The average molecular weight is 396 g/mol. The van der Waals surface area contributed by atoms with E-state index in [0.717, 1.165) is 12.8 Å². The number of rotatable bonds is 11.